The van der Waals surface area contributed by atoms with Gasteiger partial charge in [0.1, 0.15) is 6.10 Å². The van der Waals surface area contributed by atoms with Crippen LogP contribution in [0.15, 0.2) is 0 Å². The summed E-state index contributed by atoms with van der Waals surface area (Å²) in [6.07, 6.45) is -1.23. The van der Waals surface area contributed by atoms with Crippen LogP contribution in [-0.4, -0.2) is 50.8 Å². The van der Waals surface area contributed by atoms with Gasteiger partial charge in [-0.25, -0.2) is 4.79 Å². The molecule has 0 aliphatic heterocycles. The SMILES string of the molecule is C[C@H](O)C(=O)O.O.[Mg+2]. The Morgan fingerprint density at radius 2 is 1.75 bits per heavy atom. The molecule has 4 nitrogen and oxygen atoms in total. The molecular weight excluding hydrogens is 124 g/mol. The monoisotopic (exact) mass is 132 g/mol. The van der Waals surface area contributed by atoms with Crippen LogP contribution in [0.25, 0.3) is 0 Å². The van der Waals surface area contributed by atoms with Gasteiger partial charge < -0.3 is 15.7 Å². The van der Waals surface area contributed by atoms with Crippen molar-refractivity contribution in [2.24, 2.45) is 0 Å². The number of carboxylic acids is 1. The van der Waals surface area contributed by atoms with Gasteiger partial charge in [-0.3, -0.25) is 0 Å². The fourth-order valence-corrected chi connectivity index (χ4v) is 0. The summed E-state index contributed by atoms with van der Waals surface area (Å²) in [4.78, 5) is 9.45. The molecule has 0 fully saturated rings. The van der Waals surface area contributed by atoms with Gasteiger partial charge in [-0.1, -0.05) is 0 Å². The standard InChI is InChI=1S/C3H6O3.Mg.H2O/c1-2(4)3(5)6;;/h2,4H,1H3,(H,5,6);;1H2/q;+2;/t2-;;/m0../s1. The van der Waals surface area contributed by atoms with Gasteiger partial charge in [-0.15, -0.1) is 0 Å². The molecule has 44 valence electrons. The predicted octanol–water partition coefficient (Wildman–Crippen LogP) is -1.75. The number of carbonyl (C=O) groups is 1. The molecule has 0 amide bonds. The van der Waals surface area contributed by atoms with Gasteiger partial charge in [0.15, 0.2) is 0 Å². The summed E-state index contributed by atoms with van der Waals surface area (Å²) < 4.78 is 0. The topological polar surface area (TPSA) is 89.0 Å². The second-order valence-corrected chi connectivity index (χ2v) is 1.01. The molecule has 0 aliphatic rings. The Labute approximate surface area is 63.0 Å². The van der Waals surface area contributed by atoms with Crippen molar-refractivity contribution in [3.63, 3.8) is 0 Å². The largest absolute Gasteiger partial charge is 2.00 e. The Hall–Kier alpha value is 0.156. The molecule has 0 aromatic rings. The van der Waals surface area contributed by atoms with Crippen LogP contribution in [0.1, 0.15) is 6.92 Å². The van der Waals surface area contributed by atoms with Gasteiger partial charge in [0.25, 0.3) is 0 Å². The zero-order valence-corrected chi connectivity index (χ0v) is 6.00. The maximum Gasteiger partial charge on any atom is 2.00 e. The fraction of sp³-hybridized carbons (Fsp3) is 0.667. The third-order valence-corrected chi connectivity index (χ3v) is 0.357. The third-order valence-electron chi connectivity index (χ3n) is 0.357. The van der Waals surface area contributed by atoms with E-state index in [1.807, 2.05) is 0 Å². The van der Waals surface area contributed by atoms with Gasteiger partial charge in [-0.2, -0.15) is 0 Å². The number of rotatable bonds is 1. The minimum Gasteiger partial charge on any atom is -0.479 e. The van der Waals surface area contributed by atoms with Crippen LogP contribution < -0.4 is 0 Å². The molecule has 4 N–H and O–H groups in total. The summed E-state index contributed by atoms with van der Waals surface area (Å²) in [5, 5.41) is 15.8. The maximum atomic E-state index is 9.45. The van der Waals surface area contributed by atoms with E-state index in [2.05, 4.69) is 0 Å². The molecule has 0 aliphatic carbocycles. The number of aliphatic carboxylic acids is 1. The maximum absolute atomic E-state index is 9.45. The Morgan fingerprint density at radius 3 is 1.75 bits per heavy atom. The first-order valence-electron chi connectivity index (χ1n) is 1.55. The summed E-state index contributed by atoms with van der Waals surface area (Å²) >= 11 is 0. The van der Waals surface area contributed by atoms with Crippen molar-refractivity contribution >= 4 is 29.0 Å². The average Bonchev–Trinajstić information content (AvgIpc) is 1.36. The molecule has 0 saturated heterocycles. The number of hydrogen-bond donors (Lipinski definition) is 2. The zero-order valence-electron chi connectivity index (χ0n) is 4.59. The van der Waals surface area contributed by atoms with E-state index in [0.29, 0.717) is 0 Å². The van der Waals surface area contributed by atoms with E-state index >= 15 is 0 Å². The first kappa shape index (κ1) is 15.7. The van der Waals surface area contributed by atoms with E-state index in [9.17, 15) is 4.79 Å². The second kappa shape index (κ2) is 7.16. The molecule has 0 saturated carbocycles. The van der Waals surface area contributed by atoms with Gasteiger partial charge in [0.2, 0.25) is 0 Å². The molecule has 0 rings (SSSR count). The molecule has 0 unspecified atom stereocenters. The normalized spacial score (nSPS) is 10.2. The molecule has 0 aromatic carbocycles. The van der Waals surface area contributed by atoms with E-state index in [0.717, 1.165) is 0 Å². The molecule has 0 heterocycles. The Kier molecular flexibility index (Phi) is 14.1. The number of hydrogen-bond acceptors (Lipinski definition) is 2. The molecule has 8 heavy (non-hydrogen) atoms. The molecule has 1 atom stereocenters. The summed E-state index contributed by atoms with van der Waals surface area (Å²) in [6.45, 7) is 1.20. The minimum absolute atomic E-state index is 0. The number of aliphatic hydroxyl groups is 1. The Bertz CT molecular complexity index is 62.3. The third kappa shape index (κ3) is 9.48. The first-order chi connectivity index (χ1) is 2.64. The molecule has 0 aromatic heterocycles. The van der Waals surface area contributed by atoms with Crippen LogP contribution in [0.3, 0.4) is 0 Å². The Morgan fingerprint density at radius 1 is 1.62 bits per heavy atom. The van der Waals surface area contributed by atoms with Crippen LogP contribution in [0.5, 0.6) is 0 Å². The van der Waals surface area contributed by atoms with Gasteiger partial charge in [-0.05, 0) is 6.92 Å². The number of carboxylic acid groups (broad SMARTS) is 1. The summed E-state index contributed by atoms with van der Waals surface area (Å²) in [5.41, 5.74) is 0. The van der Waals surface area contributed by atoms with Gasteiger partial charge in [0, 0.05) is 0 Å². The first-order valence-corrected chi connectivity index (χ1v) is 1.55. The Balaban J connectivity index is -0.000000125. The van der Waals surface area contributed by atoms with Crippen molar-refractivity contribution in [2.45, 2.75) is 13.0 Å². The van der Waals surface area contributed by atoms with Crippen molar-refractivity contribution in [1.82, 2.24) is 0 Å². The molecule has 0 bridgehead atoms. The summed E-state index contributed by atoms with van der Waals surface area (Å²) in [7, 11) is 0. The number of aliphatic hydroxyl groups excluding tert-OH is 1. The summed E-state index contributed by atoms with van der Waals surface area (Å²) in [5.74, 6) is -1.19. The van der Waals surface area contributed by atoms with Crippen molar-refractivity contribution in [3.05, 3.63) is 0 Å². The molecular formula is C3H8MgO4+2. The van der Waals surface area contributed by atoms with Gasteiger partial charge in [0.05, 0.1) is 0 Å². The van der Waals surface area contributed by atoms with Crippen molar-refractivity contribution in [3.8, 4) is 0 Å². The van der Waals surface area contributed by atoms with Crippen LogP contribution in [0.2, 0.25) is 0 Å². The van der Waals surface area contributed by atoms with Crippen LogP contribution in [0.4, 0.5) is 0 Å². The smallest absolute Gasteiger partial charge is 0.479 e. The van der Waals surface area contributed by atoms with E-state index in [1.54, 1.807) is 0 Å². The van der Waals surface area contributed by atoms with Crippen molar-refractivity contribution in [1.29, 1.82) is 0 Å². The van der Waals surface area contributed by atoms with Crippen molar-refractivity contribution < 1.29 is 20.5 Å². The van der Waals surface area contributed by atoms with E-state index in [1.165, 1.54) is 6.92 Å². The van der Waals surface area contributed by atoms with Crippen LogP contribution in [-0.2, 0) is 4.79 Å². The second-order valence-electron chi connectivity index (χ2n) is 1.01. The quantitative estimate of drug-likeness (QED) is 0.415. The van der Waals surface area contributed by atoms with Crippen molar-refractivity contribution in [2.75, 3.05) is 0 Å². The average molecular weight is 132 g/mol. The van der Waals surface area contributed by atoms with Crippen LogP contribution in [0, 0.1) is 0 Å². The van der Waals surface area contributed by atoms with E-state index in [-0.39, 0.29) is 28.5 Å². The molecule has 5 heteroatoms. The predicted molar refractivity (Wildman–Crippen MR) is 28.7 cm³/mol. The minimum atomic E-state index is -1.23. The fourth-order valence-electron chi connectivity index (χ4n) is 0. The molecule has 0 radical (unpaired) electrons. The summed E-state index contributed by atoms with van der Waals surface area (Å²) in [6, 6.07) is 0. The van der Waals surface area contributed by atoms with E-state index in [4.69, 9.17) is 10.2 Å². The molecule has 0 spiro atoms. The zero-order chi connectivity index (χ0) is 5.15. The van der Waals surface area contributed by atoms with E-state index < -0.39 is 12.1 Å². The van der Waals surface area contributed by atoms with Crippen LogP contribution >= 0.6 is 0 Å². The van der Waals surface area contributed by atoms with Gasteiger partial charge >= 0.3 is 29.0 Å².